The molecule has 1 aromatic carbocycles. The number of hydrogen-bond acceptors (Lipinski definition) is 2. The Morgan fingerprint density at radius 1 is 1.42 bits per heavy atom. The van der Waals surface area contributed by atoms with Crippen LogP contribution in [0.4, 0.5) is 0 Å². The molecule has 1 unspecified atom stereocenters. The summed E-state index contributed by atoms with van der Waals surface area (Å²) < 4.78 is 1.02. The van der Waals surface area contributed by atoms with Crippen LogP contribution in [0.1, 0.15) is 40.2 Å². The third-order valence-electron chi connectivity index (χ3n) is 3.02. The Morgan fingerprint density at radius 2 is 2.21 bits per heavy atom. The van der Waals surface area contributed by atoms with Crippen LogP contribution in [0.2, 0.25) is 0 Å². The molecule has 100 valence electrons. The molecule has 0 bridgehead atoms. The van der Waals surface area contributed by atoms with Gasteiger partial charge in [0.1, 0.15) is 0 Å². The first-order valence-electron chi connectivity index (χ1n) is 6.22. The van der Waals surface area contributed by atoms with Gasteiger partial charge < -0.3 is 5.32 Å². The van der Waals surface area contributed by atoms with Gasteiger partial charge in [-0.15, -0.1) is 11.3 Å². The minimum absolute atomic E-state index is 0.0177. The molecular weight excluding hydrogens is 322 g/mol. The topological polar surface area (TPSA) is 29.1 Å². The number of hydrogen-bond donors (Lipinski definition) is 1. The van der Waals surface area contributed by atoms with Crippen molar-refractivity contribution >= 4 is 33.2 Å². The van der Waals surface area contributed by atoms with Crippen molar-refractivity contribution in [3.05, 3.63) is 56.2 Å². The lowest BCUT2D eigenvalue weighted by atomic mass is 10.1. The van der Waals surface area contributed by atoms with E-state index < -0.39 is 0 Å². The zero-order valence-electron chi connectivity index (χ0n) is 10.9. The SMILES string of the molecule is CCC(NC(=O)c1ccc(Br)c(C)c1)c1cccs1. The average Bonchev–Trinajstić information content (AvgIpc) is 2.92. The van der Waals surface area contributed by atoms with Crippen LogP contribution in [-0.2, 0) is 0 Å². The zero-order valence-corrected chi connectivity index (χ0v) is 13.3. The van der Waals surface area contributed by atoms with E-state index in [-0.39, 0.29) is 11.9 Å². The molecule has 0 fully saturated rings. The van der Waals surface area contributed by atoms with E-state index in [1.165, 1.54) is 4.88 Å². The summed E-state index contributed by atoms with van der Waals surface area (Å²) in [4.78, 5) is 13.4. The Morgan fingerprint density at radius 3 is 2.79 bits per heavy atom. The third-order valence-corrected chi connectivity index (χ3v) is 4.90. The van der Waals surface area contributed by atoms with E-state index in [1.54, 1.807) is 11.3 Å². The first kappa shape index (κ1) is 14.3. The lowest BCUT2D eigenvalue weighted by Crippen LogP contribution is -2.27. The number of carbonyl (C=O) groups excluding carboxylic acids is 1. The predicted molar refractivity (Wildman–Crippen MR) is 83.7 cm³/mol. The summed E-state index contributed by atoms with van der Waals surface area (Å²) in [7, 11) is 0. The molecule has 1 aromatic heterocycles. The molecule has 19 heavy (non-hydrogen) atoms. The standard InChI is InChI=1S/C15H16BrNOS/c1-3-13(14-5-4-8-19-14)17-15(18)11-6-7-12(16)10(2)9-11/h4-9,13H,3H2,1-2H3,(H,17,18). The van der Waals surface area contributed by atoms with Gasteiger partial charge in [-0.3, -0.25) is 4.79 Å². The highest BCUT2D eigenvalue weighted by Gasteiger charge is 2.15. The minimum Gasteiger partial charge on any atom is -0.344 e. The largest absolute Gasteiger partial charge is 0.344 e. The van der Waals surface area contributed by atoms with Gasteiger partial charge in [0.2, 0.25) is 0 Å². The maximum atomic E-state index is 12.3. The average molecular weight is 338 g/mol. The van der Waals surface area contributed by atoms with Crippen LogP contribution in [0.5, 0.6) is 0 Å². The zero-order chi connectivity index (χ0) is 13.8. The number of rotatable bonds is 4. The van der Waals surface area contributed by atoms with Gasteiger partial charge in [0, 0.05) is 14.9 Å². The Balaban J connectivity index is 2.13. The van der Waals surface area contributed by atoms with Crippen LogP contribution in [0, 0.1) is 6.92 Å². The maximum absolute atomic E-state index is 12.3. The molecule has 0 radical (unpaired) electrons. The first-order valence-corrected chi connectivity index (χ1v) is 7.89. The number of amides is 1. The molecule has 0 aliphatic heterocycles. The summed E-state index contributed by atoms with van der Waals surface area (Å²) in [6, 6.07) is 9.83. The normalized spacial score (nSPS) is 12.2. The highest BCUT2D eigenvalue weighted by Crippen LogP contribution is 2.23. The van der Waals surface area contributed by atoms with Crippen LogP contribution in [-0.4, -0.2) is 5.91 Å². The Labute approximate surface area is 126 Å². The van der Waals surface area contributed by atoms with Crippen molar-refractivity contribution in [2.24, 2.45) is 0 Å². The summed E-state index contributed by atoms with van der Waals surface area (Å²) in [6.45, 7) is 4.06. The van der Waals surface area contributed by atoms with Crippen molar-refractivity contribution < 1.29 is 4.79 Å². The molecule has 0 saturated carbocycles. The van der Waals surface area contributed by atoms with Crippen molar-refractivity contribution in [1.82, 2.24) is 5.32 Å². The molecule has 2 rings (SSSR count). The van der Waals surface area contributed by atoms with Gasteiger partial charge in [-0.05, 0) is 48.6 Å². The number of thiophene rings is 1. The highest BCUT2D eigenvalue weighted by atomic mass is 79.9. The van der Waals surface area contributed by atoms with Gasteiger partial charge in [-0.1, -0.05) is 28.9 Å². The van der Waals surface area contributed by atoms with Crippen molar-refractivity contribution in [3.63, 3.8) is 0 Å². The summed E-state index contributed by atoms with van der Waals surface area (Å²) in [5, 5.41) is 5.12. The van der Waals surface area contributed by atoms with Crippen molar-refractivity contribution in [1.29, 1.82) is 0 Å². The number of aryl methyl sites for hydroxylation is 1. The number of carbonyl (C=O) groups is 1. The second kappa shape index (κ2) is 6.35. The number of benzene rings is 1. The molecule has 1 heterocycles. The second-order valence-corrected chi connectivity index (χ2v) is 6.25. The molecule has 0 spiro atoms. The molecule has 4 heteroatoms. The van der Waals surface area contributed by atoms with Gasteiger partial charge in [-0.2, -0.15) is 0 Å². The van der Waals surface area contributed by atoms with E-state index in [1.807, 2.05) is 36.6 Å². The molecule has 0 saturated heterocycles. The van der Waals surface area contributed by atoms with Crippen LogP contribution >= 0.6 is 27.3 Å². The Kier molecular flexibility index (Phi) is 4.77. The van der Waals surface area contributed by atoms with Gasteiger partial charge in [0.15, 0.2) is 0 Å². The molecule has 1 amide bonds. The first-order chi connectivity index (χ1) is 9.11. The second-order valence-electron chi connectivity index (χ2n) is 4.41. The van der Waals surface area contributed by atoms with Crippen molar-refractivity contribution in [2.75, 3.05) is 0 Å². The van der Waals surface area contributed by atoms with Crippen LogP contribution in [0.15, 0.2) is 40.2 Å². The highest BCUT2D eigenvalue weighted by molar-refractivity contribution is 9.10. The predicted octanol–water partition coefficient (Wildman–Crippen LogP) is 4.70. The van der Waals surface area contributed by atoms with E-state index in [0.717, 1.165) is 16.5 Å². The Bertz CT molecular complexity index is 566. The van der Waals surface area contributed by atoms with E-state index in [0.29, 0.717) is 5.56 Å². The fourth-order valence-corrected chi connectivity index (χ4v) is 3.00. The van der Waals surface area contributed by atoms with Crippen molar-refractivity contribution in [3.8, 4) is 0 Å². The van der Waals surface area contributed by atoms with Gasteiger partial charge in [-0.25, -0.2) is 0 Å². The molecule has 1 N–H and O–H groups in total. The molecular formula is C15H16BrNOS. The van der Waals surface area contributed by atoms with Gasteiger partial charge in [0.25, 0.3) is 5.91 Å². The van der Waals surface area contributed by atoms with Gasteiger partial charge in [0.05, 0.1) is 6.04 Å². The number of nitrogens with one attached hydrogen (secondary N) is 1. The van der Waals surface area contributed by atoms with Crippen LogP contribution in [0.25, 0.3) is 0 Å². The Hall–Kier alpha value is -1.13. The van der Waals surface area contributed by atoms with E-state index >= 15 is 0 Å². The minimum atomic E-state index is -0.0177. The lowest BCUT2D eigenvalue weighted by Gasteiger charge is -2.15. The van der Waals surface area contributed by atoms with Crippen LogP contribution in [0.3, 0.4) is 0 Å². The summed E-state index contributed by atoms with van der Waals surface area (Å²) >= 11 is 5.12. The summed E-state index contributed by atoms with van der Waals surface area (Å²) in [5.74, 6) is -0.0177. The smallest absolute Gasteiger partial charge is 0.251 e. The van der Waals surface area contributed by atoms with E-state index in [9.17, 15) is 4.79 Å². The molecule has 0 aliphatic rings. The fourth-order valence-electron chi connectivity index (χ4n) is 1.89. The van der Waals surface area contributed by atoms with Gasteiger partial charge >= 0.3 is 0 Å². The summed E-state index contributed by atoms with van der Waals surface area (Å²) in [5.41, 5.74) is 1.77. The monoisotopic (exact) mass is 337 g/mol. The third kappa shape index (κ3) is 3.45. The molecule has 2 nitrogen and oxygen atoms in total. The van der Waals surface area contributed by atoms with E-state index in [4.69, 9.17) is 0 Å². The quantitative estimate of drug-likeness (QED) is 0.860. The fraction of sp³-hybridized carbons (Fsp3) is 0.267. The molecule has 0 aliphatic carbocycles. The molecule has 1 atom stereocenters. The maximum Gasteiger partial charge on any atom is 0.251 e. The summed E-state index contributed by atoms with van der Waals surface area (Å²) in [6.07, 6.45) is 0.891. The lowest BCUT2D eigenvalue weighted by molar-refractivity contribution is 0.0936. The molecule has 2 aromatic rings. The van der Waals surface area contributed by atoms with Crippen molar-refractivity contribution in [2.45, 2.75) is 26.3 Å². The number of halogens is 1. The van der Waals surface area contributed by atoms with Crippen LogP contribution < -0.4 is 5.32 Å². The van der Waals surface area contributed by atoms with E-state index in [2.05, 4.69) is 34.2 Å².